The average Bonchev–Trinajstić information content (AvgIpc) is 2.71. The highest BCUT2D eigenvalue weighted by Crippen LogP contribution is 2.32. The van der Waals surface area contributed by atoms with Crippen molar-refractivity contribution in [2.45, 2.75) is 0 Å². The van der Waals surface area contributed by atoms with E-state index in [4.69, 9.17) is 0 Å². The van der Waals surface area contributed by atoms with Gasteiger partial charge in [0.1, 0.15) is 22.5 Å². The number of rotatable bonds is 1. The molecule has 0 aliphatic rings. The van der Waals surface area contributed by atoms with Crippen molar-refractivity contribution in [3.63, 3.8) is 0 Å². The van der Waals surface area contributed by atoms with Crippen LogP contribution in [0.25, 0.3) is 20.8 Å². The zero-order valence-corrected chi connectivity index (χ0v) is 9.77. The normalized spacial score (nSPS) is 11.1. The molecule has 3 rings (SSSR count). The number of benzene rings is 2. The molecule has 1 heterocycles. The van der Waals surface area contributed by atoms with Gasteiger partial charge in [0.05, 0.1) is 10.2 Å². The van der Waals surface area contributed by atoms with E-state index in [0.29, 0.717) is 15.2 Å². The van der Waals surface area contributed by atoms with E-state index in [1.807, 2.05) is 0 Å². The number of thiazole rings is 1. The van der Waals surface area contributed by atoms with Crippen LogP contribution in [0.2, 0.25) is 0 Å². The maximum atomic E-state index is 13.6. The van der Waals surface area contributed by atoms with E-state index in [0.717, 1.165) is 6.07 Å². The van der Waals surface area contributed by atoms with Crippen molar-refractivity contribution in [1.29, 1.82) is 0 Å². The summed E-state index contributed by atoms with van der Waals surface area (Å²) in [5, 5.41) is 0.410. The molecule has 0 aliphatic heterocycles. The van der Waals surface area contributed by atoms with Gasteiger partial charge in [-0.15, -0.1) is 11.3 Å². The first kappa shape index (κ1) is 11.2. The van der Waals surface area contributed by atoms with Gasteiger partial charge < -0.3 is 0 Å². The van der Waals surface area contributed by atoms with Crippen LogP contribution in [0.1, 0.15) is 0 Å². The monoisotopic (exact) mass is 265 g/mol. The topological polar surface area (TPSA) is 12.9 Å². The van der Waals surface area contributed by atoms with Gasteiger partial charge in [-0.3, -0.25) is 0 Å². The molecular formula is C13H6F3NS. The second-order valence-corrected chi connectivity index (χ2v) is 4.79. The second kappa shape index (κ2) is 4.10. The lowest BCUT2D eigenvalue weighted by molar-refractivity contribution is 0.585. The van der Waals surface area contributed by atoms with E-state index in [-0.39, 0.29) is 11.4 Å². The first-order valence-corrected chi connectivity index (χ1v) is 5.96. The van der Waals surface area contributed by atoms with Crippen LogP contribution in [0.15, 0.2) is 36.4 Å². The molecule has 1 nitrogen and oxygen atoms in total. The molecule has 0 saturated carbocycles. The molecule has 0 radical (unpaired) electrons. The van der Waals surface area contributed by atoms with E-state index in [2.05, 4.69) is 4.98 Å². The van der Waals surface area contributed by atoms with Gasteiger partial charge in [0.15, 0.2) is 0 Å². The van der Waals surface area contributed by atoms with Crippen LogP contribution in [-0.4, -0.2) is 4.98 Å². The largest absolute Gasteiger partial charge is 0.236 e. The number of fused-ring (bicyclic) bond motifs is 1. The highest BCUT2D eigenvalue weighted by Gasteiger charge is 2.11. The lowest BCUT2D eigenvalue weighted by Gasteiger charge is -1.97. The van der Waals surface area contributed by atoms with Crippen molar-refractivity contribution in [3.8, 4) is 10.6 Å². The van der Waals surface area contributed by atoms with Gasteiger partial charge in [0.2, 0.25) is 0 Å². The van der Waals surface area contributed by atoms with Crippen molar-refractivity contribution in [1.82, 2.24) is 4.98 Å². The third kappa shape index (κ3) is 1.86. The summed E-state index contributed by atoms with van der Waals surface area (Å²) in [4.78, 5) is 4.20. The zero-order chi connectivity index (χ0) is 12.7. The Kier molecular flexibility index (Phi) is 2.56. The molecule has 0 N–H and O–H groups in total. The number of halogens is 3. The molecule has 18 heavy (non-hydrogen) atoms. The molecular weight excluding hydrogens is 259 g/mol. The van der Waals surface area contributed by atoms with Crippen LogP contribution < -0.4 is 0 Å². The van der Waals surface area contributed by atoms with E-state index < -0.39 is 11.6 Å². The van der Waals surface area contributed by atoms with Gasteiger partial charge >= 0.3 is 0 Å². The molecule has 0 bridgehead atoms. The fourth-order valence-corrected chi connectivity index (χ4v) is 2.69. The average molecular weight is 265 g/mol. The van der Waals surface area contributed by atoms with E-state index in [1.54, 1.807) is 0 Å². The summed E-state index contributed by atoms with van der Waals surface area (Å²) in [6.45, 7) is 0. The smallest absolute Gasteiger partial charge is 0.136 e. The number of hydrogen-bond donors (Lipinski definition) is 0. The Hall–Kier alpha value is -1.88. The van der Waals surface area contributed by atoms with Crippen LogP contribution in [0.4, 0.5) is 13.2 Å². The minimum atomic E-state index is -0.672. The summed E-state index contributed by atoms with van der Waals surface area (Å²) in [5.74, 6) is -1.67. The van der Waals surface area contributed by atoms with Crippen molar-refractivity contribution >= 4 is 21.6 Å². The molecule has 0 aliphatic carbocycles. The molecule has 0 saturated heterocycles. The molecule has 0 spiro atoms. The molecule has 2 aromatic carbocycles. The minimum Gasteiger partial charge on any atom is -0.236 e. The Labute approximate surface area is 105 Å². The second-order valence-electron chi connectivity index (χ2n) is 3.76. The molecule has 1 aromatic heterocycles. The predicted octanol–water partition coefficient (Wildman–Crippen LogP) is 4.38. The highest BCUT2D eigenvalue weighted by molar-refractivity contribution is 7.21. The SMILES string of the molecule is Fc1ccc(-c2nc3ccc(F)cc3s2)c(F)c1. The Morgan fingerprint density at radius 3 is 2.39 bits per heavy atom. The maximum absolute atomic E-state index is 13.6. The van der Waals surface area contributed by atoms with Gasteiger partial charge in [-0.05, 0) is 30.3 Å². The fourth-order valence-electron chi connectivity index (χ4n) is 1.68. The number of aromatic nitrogens is 1. The maximum Gasteiger partial charge on any atom is 0.136 e. The van der Waals surface area contributed by atoms with Gasteiger partial charge in [0.25, 0.3) is 0 Å². The van der Waals surface area contributed by atoms with E-state index >= 15 is 0 Å². The predicted molar refractivity (Wildman–Crippen MR) is 64.9 cm³/mol. The molecule has 0 amide bonds. The molecule has 5 heteroatoms. The van der Waals surface area contributed by atoms with Crippen molar-refractivity contribution < 1.29 is 13.2 Å². The van der Waals surface area contributed by atoms with E-state index in [9.17, 15) is 13.2 Å². The Morgan fingerprint density at radius 1 is 0.889 bits per heavy atom. The molecule has 0 unspecified atom stereocenters. The number of hydrogen-bond acceptors (Lipinski definition) is 2. The number of nitrogens with zero attached hydrogens (tertiary/aromatic N) is 1. The summed E-state index contributed by atoms with van der Waals surface area (Å²) < 4.78 is 40.1. The molecule has 0 atom stereocenters. The summed E-state index contributed by atoms with van der Waals surface area (Å²) in [6, 6.07) is 7.49. The quantitative estimate of drug-likeness (QED) is 0.636. The van der Waals surface area contributed by atoms with E-state index in [1.165, 1.54) is 41.7 Å². The van der Waals surface area contributed by atoms with Gasteiger partial charge in [-0.1, -0.05) is 0 Å². The van der Waals surface area contributed by atoms with Gasteiger partial charge in [0, 0.05) is 11.6 Å². The standard InChI is InChI=1S/C13H6F3NS/c14-7-1-3-9(10(16)5-7)13-17-11-4-2-8(15)6-12(11)18-13/h1-6H. The molecule has 3 aromatic rings. The first-order valence-electron chi connectivity index (χ1n) is 5.15. The van der Waals surface area contributed by atoms with Crippen LogP contribution in [0.5, 0.6) is 0 Å². The van der Waals surface area contributed by atoms with Crippen LogP contribution in [-0.2, 0) is 0 Å². The third-order valence-corrected chi connectivity index (χ3v) is 3.56. The Bertz CT molecular complexity index is 736. The Balaban J connectivity index is 2.19. The summed E-state index contributed by atoms with van der Waals surface area (Å²) in [7, 11) is 0. The van der Waals surface area contributed by atoms with Crippen LogP contribution in [0, 0.1) is 17.5 Å². The van der Waals surface area contributed by atoms with Gasteiger partial charge in [-0.25, -0.2) is 18.2 Å². The lowest BCUT2D eigenvalue weighted by atomic mass is 10.2. The molecule has 0 fully saturated rings. The fraction of sp³-hybridized carbons (Fsp3) is 0. The zero-order valence-electron chi connectivity index (χ0n) is 8.95. The van der Waals surface area contributed by atoms with Crippen molar-refractivity contribution in [3.05, 3.63) is 53.8 Å². The van der Waals surface area contributed by atoms with Crippen LogP contribution >= 0.6 is 11.3 Å². The first-order chi connectivity index (χ1) is 8.63. The minimum absolute atomic E-state index is 0.220. The summed E-state index contributed by atoms with van der Waals surface area (Å²) in [6.07, 6.45) is 0. The highest BCUT2D eigenvalue weighted by atomic mass is 32.1. The third-order valence-electron chi connectivity index (χ3n) is 2.51. The molecule has 90 valence electrons. The lowest BCUT2D eigenvalue weighted by Crippen LogP contribution is -1.85. The van der Waals surface area contributed by atoms with Gasteiger partial charge in [-0.2, -0.15) is 0 Å². The van der Waals surface area contributed by atoms with Crippen LogP contribution in [0.3, 0.4) is 0 Å². The summed E-state index contributed by atoms with van der Waals surface area (Å²) >= 11 is 1.17. The van der Waals surface area contributed by atoms with Crippen molar-refractivity contribution in [2.75, 3.05) is 0 Å². The Morgan fingerprint density at radius 2 is 1.61 bits per heavy atom. The summed E-state index contributed by atoms with van der Waals surface area (Å²) in [5.41, 5.74) is 0.818. The van der Waals surface area contributed by atoms with Crippen molar-refractivity contribution in [2.24, 2.45) is 0 Å².